The first kappa shape index (κ1) is 11.2. The predicted octanol–water partition coefficient (Wildman–Crippen LogP) is 1.91. The van der Waals surface area contributed by atoms with Crippen molar-refractivity contribution in [3.05, 3.63) is 30.1 Å². The average molecular weight is 194 g/mol. The lowest BCUT2D eigenvalue weighted by Crippen LogP contribution is -2.29. The van der Waals surface area contributed by atoms with Crippen molar-refractivity contribution in [1.82, 2.24) is 0 Å². The highest BCUT2D eigenvalue weighted by atomic mass is 16.3. The molecule has 1 N–H and O–H groups in total. The maximum atomic E-state index is 10.2. The summed E-state index contributed by atoms with van der Waals surface area (Å²) in [5.41, 5.74) is 0.327. The van der Waals surface area contributed by atoms with E-state index < -0.39 is 5.60 Å². The van der Waals surface area contributed by atoms with Gasteiger partial charge in [0.1, 0.15) is 7.05 Å². The van der Waals surface area contributed by atoms with Crippen LogP contribution in [-0.2, 0) is 12.6 Å². The summed E-state index contributed by atoms with van der Waals surface area (Å²) in [6.07, 6.45) is 6.95. The number of aromatic nitrogens is 1. The molecule has 0 aliphatic carbocycles. The van der Waals surface area contributed by atoms with Gasteiger partial charge in [-0.15, -0.1) is 0 Å². The van der Waals surface area contributed by atoms with E-state index in [1.165, 1.54) is 0 Å². The third-order valence-electron chi connectivity index (χ3n) is 2.62. The molecule has 0 radical (unpaired) electrons. The Labute approximate surface area is 86.2 Å². The van der Waals surface area contributed by atoms with Gasteiger partial charge in [0.05, 0.1) is 5.60 Å². The van der Waals surface area contributed by atoms with Crippen molar-refractivity contribution >= 4 is 0 Å². The topological polar surface area (TPSA) is 24.1 Å². The van der Waals surface area contributed by atoms with Gasteiger partial charge in [-0.25, -0.2) is 4.57 Å². The van der Waals surface area contributed by atoms with E-state index in [2.05, 4.69) is 6.92 Å². The fraction of sp³-hybridized carbons (Fsp3) is 0.583. The van der Waals surface area contributed by atoms with Crippen LogP contribution >= 0.6 is 0 Å². The smallest absolute Gasteiger partial charge is 0.168 e. The normalized spacial score (nSPS) is 15.1. The SMILES string of the molecule is CCCCC(C)(O)c1cc[n+](C)cc1. The molecule has 0 aliphatic heterocycles. The lowest BCUT2D eigenvalue weighted by atomic mass is 9.91. The molecule has 14 heavy (non-hydrogen) atoms. The van der Waals surface area contributed by atoms with Gasteiger partial charge in [0.25, 0.3) is 0 Å². The third kappa shape index (κ3) is 2.81. The molecule has 1 unspecified atom stereocenters. The summed E-state index contributed by atoms with van der Waals surface area (Å²) in [5, 5.41) is 10.2. The second-order valence-corrected chi connectivity index (χ2v) is 4.13. The minimum Gasteiger partial charge on any atom is -0.385 e. The first-order valence-electron chi connectivity index (χ1n) is 5.24. The van der Waals surface area contributed by atoms with Crippen LogP contribution in [0.4, 0.5) is 0 Å². The number of pyridine rings is 1. The quantitative estimate of drug-likeness (QED) is 0.727. The first-order chi connectivity index (χ1) is 6.56. The van der Waals surface area contributed by atoms with Crippen LogP contribution in [0.2, 0.25) is 0 Å². The molecule has 2 nitrogen and oxygen atoms in total. The summed E-state index contributed by atoms with van der Waals surface area (Å²) in [6.45, 7) is 4.03. The number of nitrogens with zero attached hydrogens (tertiary/aromatic N) is 1. The summed E-state index contributed by atoms with van der Waals surface area (Å²) in [4.78, 5) is 0. The predicted molar refractivity (Wildman–Crippen MR) is 56.7 cm³/mol. The molecule has 0 bridgehead atoms. The number of hydrogen-bond donors (Lipinski definition) is 1. The fourth-order valence-electron chi connectivity index (χ4n) is 1.53. The summed E-state index contributed by atoms with van der Waals surface area (Å²) in [7, 11) is 1.98. The molecule has 0 saturated heterocycles. The molecule has 0 aliphatic rings. The van der Waals surface area contributed by atoms with Crippen LogP contribution in [0.25, 0.3) is 0 Å². The molecule has 0 spiro atoms. The van der Waals surface area contributed by atoms with E-state index in [1.54, 1.807) is 0 Å². The van der Waals surface area contributed by atoms with Crippen molar-refractivity contribution in [3.63, 3.8) is 0 Å². The molecule has 1 rings (SSSR count). The van der Waals surface area contributed by atoms with Crippen molar-refractivity contribution in [2.24, 2.45) is 7.05 Å². The Morgan fingerprint density at radius 1 is 1.36 bits per heavy atom. The van der Waals surface area contributed by atoms with E-state index in [9.17, 15) is 5.11 Å². The Bertz CT molecular complexity index is 277. The molecular formula is C12H20NO+. The number of rotatable bonds is 4. The van der Waals surface area contributed by atoms with Crippen LogP contribution in [0.1, 0.15) is 38.7 Å². The Morgan fingerprint density at radius 2 is 1.93 bits per heavy atom. The zero-order valence-corrected chi connectivity index (χ0v) is 9.33. The molecule has 1 atom stereocenters. The standard InChI is InChI=1S/C12H20NO/c1-4-5-8-12(2,14)11-6-9-13(3)10-7-11/h6-7,9-10,14H,4-5,8H2,1-3H3/q+1. The largest absolute Gasteiger partial charge is 0.385 e. The first-order valence-corrected chi connectivity index (χ1v) is 5.24. The van der Waals surface area contributed by atoms with Gasteiger partial charge < -0.3 is 5.11 Å². The highest BCUT2D eigenvalue weighted by Crippen LogP contribution is 2.25. The maximum Gasteiger partial charge on any atom is 0.168 e. The molecule has 0 fully saturated rings. The van der Waals surface area contributed by atoms with Gasteiger partial charge in [0.15, 0.2) is 12.4 Å². The van der Waals surface area contributed by atoms with E-state index in [-0.39, 0.29) is 0 Å². The van der Waals surface area contributed by atoms with Gasteiger partial charge in [0, 0.05) is 12.1 Å². The lowest BCUT2D eigenvalue weighted by molar-refractivity contribution is -0.671. The summed E-state index contributed by atoms with van der Waals surface area (Å²) >= 11 is 0. The van der Waals surface area contributed by atoms with Crippen LogP contribution in [0, 0.1) is 0 Å². The number of aryl methyl sites for hydroxylation is 1. The van der Waals surface area contributed by atoms with Crippen molar-refractivity contribution < 1.29 is 9.67 Å². The van der Waals surface area contributed by atoms with Gasteiger partial charge in [0.2, 0.25) is 0 Å². The highest BCUT2D eigenvalue weighted by Gasteiger charge is 2.22. The molecule has 0 saturated carbocycles. The van der Waals surface area contributed by atoms with Crippen molar-refractivity contribution in [3.8, 4) is 0 Å². The average Bonchev–Trinajstić information content (AvgIpc) is 2.16. The van der Waals surface area contributed by atoms with Gasteiger partial charge in [-0.2, -0.15) is 0 Å². The van der Waals surface area contributed by atoms with E-state index in [0.29, 0.717) is 0 Å². The van der Waals surface area contributed by atoms with Crippen molar-refractivity contribution in [2.45, 2.75) is 38.7 Å². The van der Waals surface area contributed by atoms with Crippen molar-refractivity contribution in [2.75, 3.05) is 0 Å². The summed E-state index contributed by atoms with van der Waals surface area (Å²) < 4.78 is 1.97. The third-order valence-corrected chi connectivity index (χ3v) is 2.62. The van der Waals surface area contributed by atoms with E-state index in [1.807, 2.05) is 43.1 Å². The Balaban J connectivity index is 2.75. The summed E-state index contributed by atoms with van der Waals surface area (Å²) in [6, 6.07) is 3.96. The lowest BCUT2D eigenvalue weighted by Gasteiger charge is -2.22. The molecule has 78 valence electrons. The van der Waals surface area contributed by atoms with Gasteiger partial charge in [-0.3, -0.25) is 0 Å². The summed E-state index contributed by atoms with van der Waals surface area (Å²) in [5.74, 6) is 0. The molecular weight excluding hydrogens is 174 g/mol. The van der Waals surface area contributed by atoms with Crippen LogP contribution in [0.3, 0.4) is 0 Å². The van der Waals surface area contributed by atoms with Crippen LogP contribution in [-0.4, -0.2) is 5.11 Å². The Kier molecular flexibility index (Phi) is 3.64. The molecule has 2 heteroatoms. The van der Waals surface area contributed by atoms with Gasteiger partial charge in [-0.1, -0.05) is 19.8 Å². The fourth-order valence-corrected chi connectivity index (χ4v) is 1.53. The minimum atomic E-state index is -0.676. The van der Waals surface area contributed by atoms with Crippen LogP contribution < -0.4 is 4.57 Å². The van der Waals surface area contributed by atoms with E-state index >= 15 is 0 Å². The zero-order chi connectivity index (χ0) is 10.6. The Hall–Kier alpha value is -0.890. The molecule has 0 amide bonds. The number of aliphatic hydroxyl groups is 1. The van der Waals surface area contributed by atoms with E-state index in [0.717, 1.165) is 24.8 Å². The molecule has 1 heterocycles. The molecule has 0 aromatic carbocycles. The second kappa shape index (κ2) is 4.56. The van der Waals surface area contributed by atoms with Crippen LogP contribution in [0.15, 0.2) is 24.5 Å². The van der Waals surface area contributed by atoms with E-state index in [4.69, 9.17) is 0 Å². The maximum absolute atomic E-state index is 10.2. The monoisotopic (exact) mass is 194 g/mol. The van der Waals surface area contributed by atoms with Gasteiger partial charge in [-0.05, 0) is 18.9 Å². The zero-order valence-electron chi connectivity index (χ0n) is 9.33. The number of unbranched alkanes of at least 4 members (excludes halogenated alkanes) is 1. The second-order valence-electron chi connectivity index (χ2n) is 4.13. The van der Waals surface area contributed by atoms with Gasteiger partial charge >= 0.3 is 0 Å². The van der Waals surface area contributed by atoms with Crippen molar-refractivity contribution in [1.29, 1.82) is 0 Å². The number of hydrogen-bond acceptors (Lipinski definition) is 1. The molecule has 1 aromatic rings. The minimum absolute atomic E-state index is 0.676. The highest BCUT2D eigenvalue weighted by molar-refractivity contribution is 5.16. The van der Waals surface area contributed by atoms with Crippen LogP contribution in [0.5, 0.6) is 0 Å². The molecule has 1 aromatic heterocycles. The Morgan fingerprint density at radius 3 is 2.43 bits per heavy atom.